The Kier molecular flexibility index (Phi) is 3.42. The Morgan fingerprint density at radius 3 is 2.92 bits per heavy atom. The molecule has 0 bridgehead atoms. The maximum absolute atomic E-state index is 11.1. The summed E-state index contributed by atoms with van der Waals surface area (Å²) in [5.41, 5.74) is 5.60. The van der Waals surface area contributed by atoms with Crippen LogP contribution in [0.3, 0.4) is 0 Å². The van der Waals surface area contributed by atoms with Crippen LogP contribution in [0.15, 0.2) is 4.99 Å². The number of thioether (sulfide) groups is 2. The second-order valence-electron chi connectivity index (χ2n) is 2.15. The van der Waals surface area contributed by atoms with E-state index in [0.717, 1.165) is 4.38 Å². The van der Waals surface area contributed by atoms with Crippen molar-refractivity contribution in [3.8, 4) is 0 Å². The average molecular weight is 206 g/mol. The summed E-state index contributed by atoms with van der Waals surface area (Å²) in [7, 11) is 1.35. The molecule has 4 nitrogen and oxygen atoms in total. The molecule has 1 aliphatic heterocycles. The molecule has 0 saturated heterocycles. The first kappa shape index (κ1) is 9.88. The maximum atomic E-state index is 11.1. The lowest BCUT2D eigenvalue weighted by Crippen LogP contribution is -2.34. The van der Waals surface area contributed by atoms with Gasteiger partial charge in [0.25, 0.3) is 0 Å². The number of hydrogen-bond acceptors (Lipinski definition) is 6. The third-order valence-corrected chi connectivity index (χ3v) is 3.68. The van der Waals surface area contributed by atoms with Crippen LogP contribution in [0.25, 0.3) is 0 Å². The highest BCUT2D eigenvalue weighted by Gasteiger charge is 2.33. The number of aliphatic imine (C=N–C) groups is 1. The van der Waals surface area contributed by atoms with Gasteiger partial charge in [0.2, 0.25) is 0 Å². The van der Waals surface area contributed by atoms with Gasteiger partial charge in [-0.3, -0.25) is 9.79 Å². The first-order valence-electron chi connectivity index (χ1n) is 3.31. The van der Waals surface area contributed by atoms with E-state index in [9.17, 15) is 4.79 Å². The van der Waals surface area contributed by atoms with E-state index in [1.54, 1.807) is 0 Å². The van der Waals surface area contributed by atoms with Gasteiger partial charge in [-0.25, -0.2) is 0 Å². The second-order valence-corrected chi connectivity index (χ2v) is 4.33. The lowest BCUT2D eigenvalue weighted by Gasteiger charge is -2.08. The van der Waals surface area contributed by atoms with Crippen LogP contribution in [0, 0.1) is 0 Å². The molecule has 0 radical (unpaired) electrons. The number of ether oxygens (including phenoxy) is 1. The summed E-state index contributed by atoms with van der Waals surface area (Å²) in [6.45, 7) is 0. The normalized spacial score (nSPS) is 28.4. The molecule has 0 aromatic heterocycles. The molecule has 0 amide bonds. The zero-order chi connectivity index (χ0) is 9.14. The van der Waals surface area contributed by atoms with Crippen LogP contribution in [-0.2, 0) is 9.53 Å². The average Bonchev–Trinajstić information content (AvgIpc) is 2.45. The maximum Gasteiger partial charge on any atom is 0.322 e. The van der Waals surface area contributed by atoms with E-state index in [-0.39, 0.29) is 11.2 Å². The molecule has 1 rings (SSSR count). The van der Waals surface area contributed by atoms with Gasteiger partial charge in [-0.2, -0.15) is 0 Å². The molecule has 2 atom stereocenters. The third-order valence-electron chi connectivity index (χ3n) is 1.40. The van der Waals surface area contributed by atoms with Gasteiger partial charge in [-0.05, 0) is 6.26 Å². The molecule has 6 heteroatoms. The van der Waals surface area contributed by atoms with Gasteiger partial charge in [-0.15, -0.1) is 11.8 Å². The molecule has 0 spiro atoms. The van der Waals surface area contributed by atoms with E-state index in [1.807, 2.05) is 6.26 Å². The molecule has 12 heavy (non-hydrogen) atoms. The van der Waals surface area contributed by atoms with Gasteiger partial charge in [0.15, 0.2) is 0 Å². The predicted octanol–water partition coefficient (Wildman–Crippen LogP) is 0.279. The van der Waals surface area contributed by atoms with E-state index in [2.05, 4.69) is 9.73 Å². The quantitative estimate of drug-likeness (QED) is 0.624. The molecule has 0 saturated carbocycles. The number of hydrogen-bond donors (Lipinski definition) is 1. The molecule has 2 N–H and O–H groups in total. The van der Waals surface area contributed by atoms with E-state index in [4.69, 9.17) is 5.73 Å². The first-order chi connectivity index (χ1) is 5.69. The van der Waals surface area contributed by atoms with Crippen LogP contribution in [0.2, 0.25) is 0 Å². The number of esters is 1. The van der Waals surface area contributed by atoms with Gasteiger partial charge in [0.05, 0.1) is 7.11 Å². The van der Waals surface area contributed by atoms with Gasteiger partial charge < -0.3 is 10.5 Å². The Hall–Kier alpha value is -0.200. The smallest absolute Gasteiger partial charge is 0.322 e. The van der Waals surface area contributed by atoms with E-state index < -0.39 is 6.17 Å². The molecule has 68 valence electrons. The highest BCUT2D eigenvalue weighted by atomic mass is 32.2. The standard InChI is InChI=1S/C6H10N2O2S2/c1-10-5(9)3-4(7)8-6(11-2)12-3/h3-4H,7H2,1-2H3. The number of rotatable bonds is 1. The minimum Gasteiger partial charge on any atom is -0.468 e. The summed E-state index contributed by atoms with van der Waals surface area (Å²) in [4.78, 5) is 15.2. The summed E-state index contributed by atoms with van der Waals surface area (Å²) >= 11 is 2.86. The summed E-state index contributed by atoms with van der Waals surface area (Å²) < 4.78 is 5.42. The minimum atomic E-state index is -0.454. The van der Waals surface area contributed by atoms with Crippen molar-refractivity contribution in [2.75, 3.05) is 13.4 Å². The Bertz CT molecular complexity index is 220. The Balaban J connectivity index is 2.58. The summed E-state index contributed by atoms with van der Waals surface area (Å²) in [6.07, 6.45) is 1.45. The van der Waals surface area contributed by atoms with E-state index in [1.165, 1.54) is 30.6 Å². The minimum absolute atomic E-state index is 0.305. The van der Waals surface area contributed by atoms with Crippen molar-refractivity contribution < 1.29 is 9.53 Å². The molecule has 0 aromatic carbocycles. The monoisotopic (exact) mass is 206 g/mol. The molecule has 2 unspecified atom stereocenters. The fourth-order valence-electron chi connectivity index (χ4n) is 0.803. The van der Waals surface area contributed by atoms with E-state index >= 15 is 0 Å². The van der Waals surface area contributed by atoms with Crippen LogP contribution >= 0.6 is 23.5 Å². The first-order valence-corrected chi connectivity index (χ1v) is 5.41. The number of carbonyl (C=O) groups is 1. The van der Waals surface area contributed by atoms with Gasteiger partial charge in [0, 0.05) is 0 Å². The molecule has 1 aliphatic rings. The van der Waals surface area contributed by atoms with Gasteiger partial charge in [-0.1, -0.05) is 11.8 Å². The summed E-state index contributed by atoms with van der Waals surface area (Å²) in [5.74, 6) is -0.305. The van der Waals surface area contributed by atoms with Crippen molar-refractivity contribution in [2.45, 2.75) is 11.4 Å². The second kappa shape index (κ2) is 4.15. The largest absolute Gasteiger partial charge is 0.468 e. The van der Waals surface area contributed by atoms with Crippen molar-refractivity contribution in [3.05, 3.63) is 0 Å². The Morgan fingerprint density at radius 1 is 1.83 bits per heavy atom. The molecule has 0 aliphatic carbocycles. The van der Waals surface area contributed by atoms with Crippen molar-refractivity contribution in [1.29, 1.82) is 0 Å². The van der Waals surface area contributed by atoms with Gasteiger partial charge in [0.1, 0.15) is 15.8 Å². The van der Waals surface area contributed by atoms with Gasteiger partial charge >= 0.3 is 5.97 Å². The predicted molar refractivity (Wildman–Crippen MR) is 52.3 cm³/mol. The Labute approximate surface area is 79.3 Å². The topological polar surface area (TPSA) is 64.7 Å². The summed E-state index contributed by atoms with van der Waals surface area (Å²) in [6, 6.07) is 0. The van der Waals surface area contributed by atoms with Crippen molar-refractivity contribution in [1.82, 2.24) is 0 Å². The molecule has 0 aromatic rings. The van der Waals surface area contributed by atoms with Crippen molar-refractivity contribution in [3.63, 3.8) is 0 Å². The lowest BCUT2D eigenvalue weighted by atomic mass is 10.3. The third kappa shape index (κ3) is 1.94. The number of carbonyl (C=O) groups excluding carboxylic acids is 1. The lowest BCUT2D eigenvalue weighted by molar-refractivity contribution is -0.140. The fourth-order valence-corrected chi connectivity index (χ4v) is 2.52. The van der Waals surface area contributed by atoms with Crippen molar-refractivity contribution in [2.24, 2.45) is 10.7 Å². The van der Waals surface area contributed by atoms with Crippen LogP contribution in [0.1, 0.15) is 0 Å². The molecule has 0 fully saturated rings. The van der Waals surface area contributed by atoms with E-state index in [0.29, 0.717) is 0 Å². The number of nitrogens with two attached hydrogens (primary N) is 1. The highest BCUT2D eigenvalue weighted by Crippen LogP contribution is 2.30. The van der Waals surface area contributed by atoms with Crippen molar-refractivity contribution >= 4 is 33.9 Å². The Morgan fingerprint density at radius 2 is 2.50 bits per heavy atom. The summed E-state index contributed by atoms with van der Waals surface area (Å²) in [5, 5.41) is -0.363. The molecule has 1 heterocycles. The van der Waals surface area contributed by atoms with Crippen LogP contribution in [0.5, 0.6) is 0 Å². The number of methoxy groups -OCH3 is 1. The molecular formula is C6H10N2O2S2. The number of nitrogens with zero attached hydrogens (tertiary/aromatic N) is 1. The fraction of sp³-hybridized carbons (Fsp3) is 0.667. The van der Waals surface area contributed by atoms with Crippen LogP contribution in [0.4, 0.5) is 0 Å². The van der Waals surface area contributed by atoms with Crippen LogP contribution < -0.4 is 5.73 Å². The molecular weight excluding hydrogens is 196 g/mol. The highest BCUT2D eigenvalue weighted by molar-refractivity contribution is 8.39. The van der Waals surface area contributed by atoms with Crippen LogP contribution in [-0.4, -0.2) is 35.1 Å². The zero-order valence-corrected chi connectivity index (χ0v) is 8.45. The zero-order valence-electron chi connectivity index (χ0n) is 6.81. The SMILES string of the molecule is COC(=O)C1SC(SC)=NC1N.